The summed E-state index contributed by atoms with van der Waals surface area (Å²) >= 11 is 3.63. The minimum Gasteiger partial charge on any atom is -0.390 e. The van der Waals surface area contributed by atoms with Crippen molar-refractivity contribution in [3.8, 4) is 0 Å². The van der Waals surface area contributed by atoms with Crippen LogP contribution < -0.4 is 0 Å². The molecule has 0 bridgehead atoms. The minimum atomic E-state index is -0.687. The van der Waals surface area contributed by atoms with Crippen molar-refractivity contribution in [1.29, 1.82) is 0 Å². The highest BCUT2D eigenvalue weighted by atomic mass is 79.9. The molecule has 0 spiro atoms. The quantitative estimate of drug-likeness (QED) is 0.898. The van der Waals surface area contributed by atoms with Crippen LogP contribution in [0.2, 0.25) is 0 Å². The first kappa shape index (κ1) is 13.6. The van der Waals surface area contributed by atoms with E-state index in [-0.39, 0.29) is 0 Å². The van der Waals surface area contributed by atoms with Crippen LogP contribution >= 0.6 is 15.9 Å². The van der Waals surface area contributed by atoms with Crippen molar-refractivity contribution in [1.82, 2.24) is 4.57 Å². The molecule has 0 aliphatic heterocycles. The highest BCUT2D eigenvalue weighted by Gasteiger charge is 2.20. The summed E-state index contributed by atoms with van der Waals surface area (Å²) in [4.78, 5) is 0. The maximum atomic E-state index is 10.0. The van der Waals surface area contributed by atoms with E-state index in [0.29, 0.717) is 12.5 Å². The number of halogens is 1. The Balaban J connectivity index is 2.66. The Morgan fingerprint density at radius 1 is 1.33 bits per heavy atom. The second kappa shape index (κ2) is 4.71. The third kappa shape index (κ3) is 2.62. The molecule has 0 fully saturated rings. The Labute approximate surface area is 117 Å². The van der Waals surface area contributed by atoms with E-state index in [1.54, 1.807) is 0 Å². The zero-order valence-electron chi connectivity index (χ0n) is 11.4. The van der Waals surface area contributed by atoms with Crippen molar-refractivity contribution in [3.63, 3.8) is 0 Å². The second-order valence-corrected chi connectivity index (χ2v) is 6.62. The van der Waals surface area contributed by atoms with Crippen molar-refractivity contribution in [2.24, 2.45) is 0 Å². The number of rotatable bonds is 3. The van der Waals surface area contributed by atoms with E-state index in [1.807, 2.05) is 19.9 Å². The average molecular weight is 310 g/mol. The molecule has 2 rings (SSSR count). The molecule has 1 aromatic heterocycles. The third-order valence-electron chi connectivity index (χ3n) is 3.02. The van der Waals surface area contributed by atoms with E-state index >= 15 is 0 Å². The zero-order chi connectivity index (χ0) is 13.5. The molecule has 0 saturated heterocycles. The predicted octanol–water partition coefficient (Wildman–Crippen LogP) is 4.30. The molecule has 1 N–H and O–H groups in total. The molecule has 0 saturated carbocycles. The molecule has 0 unspecified atom stereocenters. The van der Waals surface area contributed by atoms with Gasteiger partial charge in [-0.1, -0.05) is 12.1 Å². The van der Waals surface area contributed by atoms with Gasteiger partial charge in [-0.05, 0) is 55.8 Å². The molecule has 2 aromatic rings. The summed E-state index contributed by atoms with van der Waals surface area (Å²) in [5.74, 6) is 0. The van der Waals surface area contributed by atoms with Gasteiger partial charge in [-0.2, -0.15) is 0 Å². The fourth-order valence-electron chi connectivity index (χ4n) is 2.46. The van der Waals surface area contributed by atoms with Crippen LogP contribution in [-0.4, -0.2) is 15.3 Å². The van der Waals surface area contributed by atoms with Crippen LogP contribution in [0.4, 0.5) is 0 Å². The first-order valence-corrected chi connectivity index (χ1v) is 7.09. The van der Waals surface area contributed by atoms with Gasteiger partial charge in [0.25, 0.3) is 0 Å². The van der Waals surface area contributed by atoms with E-state index in [1.165, 1.54) is 16.6 Å². The largest absolute Gasteiger partial charge is 0.390 e. The number of hydrogen-bond acceptors (Lipinski definition) is 1. The van der Waals surface area contributed by atoms with Gasteiger partial charge in [0.15, 0.2) is 0 Å². The summed E-state index contributed by atoms with van der Waals surface area (Å²) in [6.07, 6.45) is 0.659. The molecule has 3 heteroatoms. The number of nitrogens with zero attached hydrogens (tertiary/aromatic N) is 1. The van der Waals surface area contributed by atoms with Crippen LogP contribution in [0.1, 0.15) is 39.4 Å². The number of hydrogen-bond donors (Lipinski definition) is 1. The van der Waals surface area contributed by atoms with Gasteiger partial charge >= 0.3 is 0 Å². The van der Waals surface area contributed by atoms with Crippen LogP contribution in [-0.2, 0) is 6.42 Å². The molecule has 1 aromatic carbocycles. The topological polar surface area (TPSA) is 25.2 Å². The molecule has 18 heavy (non-hydrogen) atoms. The van der Waals surface area contributed by atoms with E-state index in [2.05, 4.69) is 52.5 Å². The lowest BCUT2D eigenvalue weighted by Gasteiger charge is -2.21. The molecular formula is C15H20BrNO. The fourth-order valence-corrected chi connectivity index (χ4v) is 3.04. The zero-order valence-corrected chi connectivity index (χ0v) is 13.0. The molecular weight excluding hydrogens is 290 g/mol. The number of benzene rings is 1. The molecule has 0 atom stereocenters. The Morgan fingerprint density at radius 3 is 2.56 bits per heavy atom. The lowest BCUT2D eigenvalue weighted by molar-refractivity contribution is 0.0789. The smallest absolute Gasteiger partial charge is 0.0646 e. The lowest BCUT2D eigenvalue weighted by atomic mass is 10.0. The lowest BCUT2D eigenvalue weighted by Crippen LogP contribution is -2.24. The van der Waals surface area contributed by atoms with Gasteiger partial charge in [-0.15, -0.1) is 0 Å². The number of aromatic nitrogens is 1. The molecule has 0 radical (unpaired) electrons. The Hall–Kier alpha value is -0.800. The minimum absolute atomic E-state index is 0.374. The summed E-state index contributed by atoms with van der Waals surface area (Å²) in [6.45, 7) is 8.05. The summed E-state index contributed by atoms with van der Waals surface area (Å²) < 4.78 is 3.41. The van der Waals surface area contributed by atoms with Crippen molar-refractivity contribution < 1.29 is 5.11 Å². The van der Waals surface area contributed by atoms with E-state index in [0.717, 1.165) is 4.47 Å². The Bertz CT molecular complexity index is 564. The van der Waals surface area contributed by atoms with Gasteiger partial charge in [0.2, 0.25) is 0 Å². The molecule has 2 nitrogen and oxygen atoms in total. The van der Waals surface area contributed by atoms with Crippen LogP contribution in [0.3, 0.4) is 0 Å². The van der Waals surface area contributed by atoms with Gasteiger partial charge in [-0.25, -0.2) is 0 Å². The van der Waals surface area contributed by atoms with Crippen molar-refractivity contribution in [3.05, 3.63) is 34.4 Å². The van der Waals surface area contributed by atoms with Crippen molar-refractivity contribution in [2.45, 2.75) is 45.8 Å². The molecule has 0 amide bonds. The SMILES string of the molecule is CC(C)n1c(CC(C)(C)O)cc2cccc(Br)c21. The molecule has 0 aliphatic rings. The maximum Gasteiger partial charge on any atom is 0.0646 e. The second-order valence-electron chi connectivity index (χ2n) is 5.77. The normalized spacial score (nSPS) is 12.6. The number of para-hydroxylation sites is 1. The van der Waals surface area contributed by atoms with Gasteiger partial charge in [0, 0.05) is 28.0 Å². The highest BCUT2D eigenvalue weighted by molar-refractivity contribution is 9.10. The highest BCUT2D eigenvalue weighted by Crippen LogP contribution is 2.31. The van der Waals surface area contributed by atoms with Gasteiger partial charge < -0.3 is 9.67 Å². The maximum absolute atomic E-state index is 10.0. The molecule has 1 heterocycles. The van der Waals surface area contributed by atoms with E-state index < -0.39 is 5.60 Å². The summed E-state index contributed by atoms with van der Waals surface area (Å²) in [5.41, 5.74) is 1.71. The Morgan fingerprint density at radius 2 is 2.00 bits per heavy atom. The van der Waals surface area contributed by atoms with Crippen molar-refractivity contribution >= 4 is 26.8 Å². The van der Waals surface area contributed by atoms with Gasteiger partial charge in [-0.3, -0.25) is 0 Å². The monoisotopic (exact) mass is 309 g/mol. The van der Waals surface area contributed by atoms with Crippen LogP contribution in [0.25, 0.3) is 10.9 Å². The first-order chi connectivity index (χ1) is 8.29. The predicted molar refractivity (Wildman–Crippen MR) is 80.0 cm³/mol. The van der Waals surface area contributed by atoms with Crippen LogP contribution in [0, 0.1) is 0 Å². The van der Waals surface area contributed by atoms with E-state index in [9.17, 15) is 5.11 Å². The molecule has 98 valence electrons. The average Bonchev–Trinajstić information content (AvgIpc) is 2.54. The van der Waals surface area contributed by atoms with Crippen LogP contribution in [0.15, 0.2) is 28.7 Å². The standard InChI is InChI=1S/C15H20BrNO/c1-10(2)17-12(9-15(3,4)18)8-11-6-5-7-13(16)14(11)17/h5-8,10,18H,9H2,1-4H3. The van der Waals surface area contributed by atoms with E-state index in [4.69, 9.17) is 0 Å². The molecule has 0 aliphatic carbocycles. The summed E-state index contributed by atoms with van der Waals surface area (Å²) in [7, 11) is 0. The van der Waals surface area contributed by atoms with Gasteiger partial charge in [0.1, 0.15) is 0 Å². The third-order valence-corrected chi connectivity index (χ3v) is 3.66. The van der Waals surface area contributed by atoms with Crippen molar-refractivity contribution in [2.75, 3.05) is 0 Å². The number of aliphatic hydroxyl groups is 1. The summed E-state index contributed by atoms with van der Waals surface area (Å²) in [6, 6.07) is 8.78. The van der Waals surface area contributed by atoms with Crippen LogP contribution in [0.5, 0.6) is 0 Å². The fraction of sp³-hybridized carbons (Fsp3) is 0.467. The summed E-state index contributed by atoms with van der Waals surface area (Å²) in [5, 5.41) is 11.3. The number of fused-ring (bicyclic) bond motifs is 1. The van der Waals surface area contributed by atoms with Gasteiger partial charge in [0.05, 0.1) is 11.1 Å². The Kier molecular flexibility index (Phi) is 3.56. The first-order valence-electron chi connectivity index (χ1n) is 6.30.